The SMILES string of the molecule is CCN(C[C@@H]1COc2ccccc2O1)C(=O)CSc1nnc([C@H](C)Oc2ccc(F)cc2)o1. The maximum Gasteiger partial charge on any atom is 0.277 e. The number of amides is 1. The van der Waals surface area contributed by atoms with E-state index in [1.165, 1.54) is 24.3 Å². The third kappa shape index (κ3) is 5.95. The van der Waals surface area contributed by atoms with Crippen LogP contribution in [0.3, 0.4) is 0 Å². The van der Waals surface area contributed by atoms with Crippen molar-refractivity contribution in [1.82, 2.24) is 15.1 Å². The number of hydrogen-bond acceptors (Lipinski definition) is 8. The van der Waals surface area contributed by atoms with Crippen LogP contribution in [-0.4, -0.2) is 52.6 Å². The van der Waals surface area contributed by atoms with Gasteiger partial charge in [-0.1, -0.05) is 23.9 Å². The summed E-state index contributed by atoms with van der Waals surface area (Å²) in [5.74, 6) is 1.89. The second kappa shape index (κ2) is 10.6. The predicted molar refractivity (Wildman–Crippen MR) is 119 cm³/mol. The number of carbonyl (C=O) groups excluding carboxylic acids is 1. The van der Waals surface area contributed by atoms with Gasteiger partial charge in [0.2, 0.25) is 5.91 Å². The first-order chi connectivity index (χ1) is 16.0. The monoisotopic (exact) mass is 473 g/mol. The summed E-state index contributed by atoms with van der Waals surface area (Å²) < 4.78 is 36.0. The molecule has 0 saturated carbocycles. The second-order valence-electron chi connectivity index (χ2n) is 7.34. The van der Waals surface area contributed by atoms with Gasteiger partial charge in [-0.3, -0.25) is 4.79 Å². The minimum atomic E-state index is -0.522. The van der Waals surface area contributed by atoms with E-state index >= 15 is 0 Å². The van der Waals surface area contributed by atoms with E-state index in [1.807, 2.05) is 31.2 Å². The first kappa shape index (κ1) is 22.9. The maximum absolute atomic E-state index is 13.0. The largest absolute Gasteiger partial charge is 0.486 e. The Balaban J connectivity index is 1.27. The predicted octanol–water partition coefficient (Wildman–Crippen LogP) is 4.13. The van der Waals surface area contributed by atoms with Gasteiger partial charge in [0.05, 0.1) is 12.3 Å². The Labute approximate surface area is 195 Å². The van der Waals surface area contributed by atoms with Crippen LogP contribution in [0.15, 0.2) is 58.2 Å². The number of thioether (sulfide) groups is 1. The lowest BCUT2D eigenvalue weighted by atomic mass is 10.2. The van der Waals surface area contributed by atoms with Crippen LogP contribution >= 0.6 is 11.8 Å². The number of rotatable bonds is 9. The molecule has 3 aromatic rings. The van der Waals surface area contributed by atoms with Crippen molar-refractivity contribution in [2.45, 2.75) is 31.3 Å². The van der Waals surface area contributed by atoms with E-state index in [-0.39, 0.29) is 34.7 Å². The van der Waals surface area contributed by atoms with Crippen molar-refractivity contribution in [2.75, 3.05) is 25.4 Å². The first-order valence-corrected chi connectivity index (χ1v) is 11.5. The topological polar surface area (TPSA) is 86.9 Å². The van der Waals surface area contributed by atoms with E-state index in [4.69, 9.17) is 18.6 Å². The summed E-state index contributed by atoms with van der Waals surface area (Å²) in [6, 6.07) is 13.1. The van der Waals surface area contributed by atoms with E-state index in [2.05, 4.69) is 10.2 Å². The minimum Gasteiger partial charge on any atom is -0.486 e. The summed E-state index contributed by atoms with van der Waals surface area (Å²) in [5, 5.41) is 8.24. The molecule has 10 heteroatoms. The van der Waals surface area contributed by atoms with Crippen molar-refractivity contribution in [1.29, 1.82) is 0 Å². The van der Waals surface area contributed by atoms with Crippen molar-refractivity contribution in [3.63, 3.8) is 0 Å². The number of nitrogens with zero attached hydrogens (tertiary/aromatic N) is 3. The Kier molecular flexibility index (Phi) is 7.33. The summed E-state index contributed by atoms with van der Waals surface area (Å²) in [6.07, 6.45) is -0.764. The smallest absolute Gasteiger partial charge is 0.277 e. The fourth-order valence-corrected chi connectivity index (χ4v) is 3.90. The summed E-state index contributed by atoms with van der Waals surface area (Å²) in [4.78, 5) is 14.5. The van der Waals surface area contributed by atoms with Gasteiger partial charge < -0.3 is 23.5 Å². The van der Waals surface area contributed by atoms with Crippen molar-refractivity contribution < 1.29 is 27.8 Å². The molecule has 0 fully saturated rings. The second-order valence-corrected chi connectivity index (χ2v) is 8.27. The number of hydrogen-bond donors (Lipinski definition) is 0. The van der Waals surface area contributed by atoms with Gasteiger partial charge in [-0.15, -0.1) is 10.2 Å². The molecular weight excluding hydrogens is 449 g/mol. The zero-order chi connectivity index (χ0) is 23.2. The van der Waals surface area contributed by atoms with Gasteiger partial charge in [-0.05, 0) is 50.2 Å². The fourth-order valence-electron chi connectivity index (χ4n) is 3.23. The summed E-state index contributed by atoms with van der Waals surface area (Å²) >= 11 is 1.16. The first-order valence-electron chi connectivity index (χ1n) is 10.6. The molecule has 8 nitrogen and oxygen atoms in total. The van der Waals surface area contributed by atoms with Crippen LogP contribution in [0, 0.1) is 5.82 Å². The molecule has 0 unspecified atom stereocenters. The zero-order valence-corrected chi connectivity index (χ0v) is 19.1. The van der Waals surface area contributed by atoms with E-state index in [0.717, 1.165) is 11.8 Å². The van der Waals surface area contributed by atoms with Crippen molar-refractivity contribution in [3.05, 3.63) is 60.2 Å². The molecule has 1 aliphatic rings. The van der Waals surface area contributed by atoms with Crippen LogP contribution in [0.2, 0.25) is 0 Å². The van der Waals surface area contributed by atoms with Crippen LogP contribution in [0.5, 0.6) is 17.2 Å². The van der Waals surface area contributed by atoms with Crippen LogP contribution < -0.4 is 14.2 Å². The van der Waals surface area contributed by atoms with E-state index in [0.29, 0.717) is 36.9 Å². The molecule has 0 bridgehead atoms. The number of likely N-dealkylation sites (N-methyl/N-ethyl adjacent to an activating group) is 1. The Hall–Kier alpha value is -3.27. The number of halogens is 1. The van der Waals surface area contributed by atoms with Crippen molar-refractivity contribution in [3.8, 4) is 17.2 Å². The quantitative estimate of drug-likeness (QED) is 0.429. The lowest BCUT2D eigenvalue weighted by molar-refractivity contribution is -0.129. The molecule has 2 heterocycles. The highest BCUT2D eigenvalue weighted by Gasteiger charge is 2.25. The highest BCUT2D eigenvalue weighted by Crippen LogP contribution is 2.31. The molecule has 2 aromatic carbocycles. The van der Waals surface area contributed by atoms with Crippen molar-refractivity contribution in [2.24, 2.45) is 0 Å². The fraction of sp³-hybridized carbons (Fsp3) is 0.348. The molecule has 33 heavy (non-hydrogen) atoms. The Morgan fingerprint density at radius 1 is 1.21 bits per heavy atom. The van der Waals surface area contributed by atoms with E-state index < -0.39 is 6.10 Å². The number of fused-ring (bicyclic) bond motifs is 1. The van der Waals surface area contributed by atoms with Crippen molar-refractivity contribution >= 4 is 17.7 Å². The summed E-state index contributed by atoms with van der Waals surface area (Å²) in [6.45, 7) is 5.01. The number of benzene rings is 2. The molecule has 1 aliphatic heterocycles. The molecule has 1 amide bonds. The maximum atomic E-state index is 13.0. The van der Waals surface area contributed by atoms with Crippen LogP contribution in [0.4, 0.5) is 4.39 Å². The van der Waals surface area contributed by atoms with Crippen LogP contribution in [0.25, 0.3) is 0 Å². The highest BCUT2D eigenvalue weighted by atomic mass is 32.2. The molecule has 174 valence electrons. The zero-order valence-electron chi connectivity index (χ0n) is 18.3. The highest BCUT2D eigenvalue weighted by molar-refractivity contribution is 7.99. The summed E-state index contributed by atoms with van der Waals surface area (Å²) in [7, 11) is 0. The van der Waals surface area contributed by atoms with E-state index in [9.17, 15) is 9.18 Å². The van der Waals surface area contributed by atoms with Gasteiger partial charge in [-0.2, -0.15) is 0 Å². The number of carbonyl (C=O) groups is 1. The number of para-hydroxylation sites is 2. The Bertz CT molecular complexity index is 1080. The molecule has 1 aromatic heterocycles. The van der Waals surface area contributed by atoms with Gasteiger partial charge in [0.25, 0.3) is 11.1 Å². The van der Waals surface area contributed by atoms with Gasteiger partial charge in [0.1, 0.15) is 18.2 Å². The molecule has 0 spiro atoms. The number of ether oxygens (including phenoxy) is 3. The third-order valence-corrected chi connectivity index (χ3v) is 5.74. The molecule has 0 aliphatic carbocycles. The standard InChI is InChI=1S/C23H24FN3O5S/c1-3-27(12-18-13-29-19-6-4-5-7-20(19)31-18)21(28)14-33-23-26-25-22(32-23)15(2)30-17-10-8-16(24)9-11-17/h4-11,15,18H,3,12-14H2,1-2H3/t15-,18+/m0/s1. The van der Waals surface area contributed by atoms with Gasteiger partial charge in [0.15, 0.2) is 23.7 Å². The minimum absolute atomic E-state index is 0.0691. The molecule has 0 radical (unpaired) electrons. The molecule has 2 atom stereocenters. The Morgan fingerprint density at radius 3 is 2.73 bits per heavy atom. The normalized spacial score (nSPS) is 15.7. The van der Waals surface area contributed by atoms with Gasteiger partial charge in [-0.25, -0.2) is 4.39 Å². The average molecular weight is 474 g/mol. The van der Waals surface area contributed by atoms with Crippen LogP contribution in [0.1, 0.15) is 25.8 Å². The third-order valence-electron chi connectivity index (χ3n) is 4.94. The lowest BCUT2D eigenvalue weighted by Gasteiger charge is -2.30. The lowest BCUT2D eigenvalue weighted by Crippen LogP contribution is -2.44. The molecular formula is C23H24FN3O5S. The Morgan fingerprint density at radius 2 is 1.97 bits per heavy atom. The molecule has 0 N–H and O–H groups in total. The van der Waals surface area contributed by atoms with Gasteiger partial charge >= 0.3 is 0 Å². The van der Waals surface area contributed by atoms with Gasteiger partial charge in [0, 0.05) is 6.54 Å². The van der Waals surface area contributed by atoms with E-state index in [1.54, 1.807) is 11.8 Å². The molecule has 4 rings (SSSR count). The number of aromatic nitrogens is 2. The van der Waals surface area contributed by atoms with Crippen LogP contribution in [-0.2, 0) is 4.79 Å². The average Bonchev–Trinajstić information content (AvgIpc) is 3.31. The summed E-state index contributed by atoms with van der Waals surface area (Å²) in [5.41, 5.74) is 0. The molecule has 0 saturated heterocycles.